The second-order valence-corrected chi connectivity index (χ2v) is 8.51. The maximum absolute atomic E-state index is 12.7. The molecule has 3 heterocycles. The Bertz CT molecular complexity index is 1080. The molecule has 0 radical (unpaired) electrons. The number of aryl methyl sites for hydroxylation is 1. The molecule has 0 unspecified atom stereocenters. The van der Waals surface area contributed by atoms with E-state index < -0.39 is 17.3 Å². The van der Waals surface area contributed by atoms with Gasteiger partial charge in [-0.05, 0) is 44.6 Å². The zero-order chi connectivity index (χ0) is 22.5. The molecule has 1 saturated carbocycles. The molecule has 1 fully saturated rings. The summed E-state index contributed by atoms with van der Waals surface area (Å²) in [5.41, 5.74) is -0.191. The molecular formula is C21H24F3N5O2. The van der Waals surface area contributed by atoms with Crippen LogP contribution in [0.15, 0.2) is 23.1 Å². The summed E-state index contributed by atoms with van der Waals surface area (Å²) >= 11 is 0. The van der Waals surface area contributed by atoms with Crippen LogP contribution >= 0.6 is 0 Å². The molecule has 1 atom stereocenters. The highest BCUT2D eigenvalue weighted by Gasteiger charge is 2.34. The number of fused-ring (bicyclic) bond motifs is 1. The van der Waals surface area contributed by atoms with Gasteiger partial charge in [0.15, 0.2) is 5.82 Å². The largest absolute Gasteiger partial charge is 0.416 e. The van der Waals surface area contributed by atoms with Gasteiger partial charge in [-0.1, -0.05) is 0 Å². The van der Waals surface area contributed by atoms with Crippen LogP contribution in [0.25, 0.3) is 0 Å². The van der Waals surface area contributed by atoms with E-state index in [1.807, 2.05) is 25.8 Å². The summed E-state index contributed by atoms with van der Waals surface area (Å²) in [6.45, 7) is 4.06. The molecule has 2 aromatic heterocycles. The number of carbonyl (C=O) groups excluding carboxylic acids is 1. The molecule has 2 aliphatic rings. The summed E-state index contributed by atoms with van der Waals surface area (Å²) in [5, 5.41) is 2.86. The highest BCUT2D eigenvalue weighted by molar-refractivity contribution is 6.02. The normalized spacial score (nSPS) is 23.2. The van der Waals surface area contributed by atoms with Gasteiger partial charge >= 0.3 is 6.18 Å². The molecule has 4 rings (SSSR count). The van der Waals surface area contributed by atoms with Crippen molar-refractivity contribution in [2.24, 2.45) is 11.8 Å². The van der Waals surface area contributed by atoms with Crippen LogP contribution in [-0.2, 0) is 23.9 Å². The molecule has 1 aliphatic heterocycles. The van der Waals surface area contributed by atoms with Crippen LogP contribution in [0.3, 0.4) is 0 Å². The van der Waals surface area contributed by atoms with Crippen molar-refractivity contribution in [2.45, 2.75) is 51.9 Å². The van der Waals surface area contributed by atoms with E-state index in [0.717, 1.165) is 24.6 Å². The van der Waals surface area contributed by atoms with Gasteiger partial charge in [0.25, 0.3) is 5.56 Å². The zero-order valence-corrected chi connectivity index (χ0v) is 17.5. The lowest BCUT2D eigenvalue weighted by molar-refractivity contribution is -0.137. The van der Waals surface area contributed by atoms with Crippen molar-refractivity contribution in [3.8, 4) is 0 Å². The molecule has 1 N–H and O–H groups in total. The van der Waals surface area contributed by atoms with Gasteiger partial charge in [0.1, 0.15) is 17.6 Å². The van der Waals surface area contributed by atoms with Crippen LogP contribution in [0.4, 0.5) is 24.7 Å². The van der Waals surface area contributed by atoms with Crippen LogP contribution in [-0.4, -0.2) is 33.5 Å². The number of hydrogen-bond donors (Lipinski definition) is 1. The van der Waals surface area contributed by atoms with Crippen molar-refractivity contribution in [3.05, 3.63) is 45.8 Å². The molecule has 0 aromatic carbocycles. The first-order valence-electron chi connectivity index (χ1n) is 10.2. The van der Waals surface area contributed by atoms with E-state index in [9.17, 15) is 22.8 Å². The molecule has 0 bridgehead atoms. The minimum atomic E-state index is -4.51. The molecule has 31 heavy (non-hydrogen) atoms. The summed E-state index contributed by atoms with van der Waals surface area (Å²) < 4.78 is 39.5. The van der Waals surface area contributed by atoms with E-state index >= 15 is 0 Å². The van der Waals surface area contributed by atoms with Crippen LogP contribution in [0.1, 0.15) is 36.8 Å². The van der Waals surface area contributed by atoms with Gasteiger partial charge < -0.3 is 14.8 Å². The smallest absolute Gasteiger partial charge is 0.346 e. The van der Waals surface area contributed by atoms with Gasteiger partial charge in [-0.15, -0.1) is 0 Å². The number of halogens is 3. The van der Waals surface area contributed by atoms with Crippen LogP contribution in [0.2, 0.25) is 0 Å². The van der Waals surface area contributed by atoms with Gasteiger partial charge in [0.05, 0.1) is 11.3 Å². The van der Waals surface area contributed by atoms with Crippen LogP contribution < -0.4 is 15.8 Å². The highest BCUT2D eigenvalue weighted by Crippen LogP contribution is 2.38. The lowest BCUT2D eigenvalue weighted by Crippen LogP contribution is -2.45. The predicted octanol–water partition coefficient (Wildman–Crippen LogP) is 3.01. The number of carbonyl (C=O) groups is 1. The maximum atomic E-state index is 12.7. The first kappa shape index (κ1) is 21.3. The number of amides is 1. The number of pyridine rings is 1. The second-order valence-electron chi connectivity index (χ2n) is 8.51. The van der Waals surface area contributed by atoms with Crippen molar-refractivity contribution in [3.63, 3.8) is 0 Å². The third kappa shape index (κ3) is 4.15. The number of anilines is 2. The predicted molar refractivity (Wildman–Crippen MR) is 109 cm³/mol. The third-order valence-electron chi connectivity index (χ3n) is 6.24. The van der Waals surface area contributed by atoms with E-state index in [2.05, 4.69) is 15.3 Å². The molecule has 1 amide bonds. The van der Waals surface area contributed by atoms with E-state index in [1.54, 1.807) is 0 Å². The van der Waals surface area contributed by atoms with Gasteiger partial charge in [-0.2, -0.15) is 13.2 Å². The van der Waals surface area contributed by atoms with Gasteiger partial charge in [0, 0.05) is 32.3 Å². The average Bonchev–Trinajstić information content (AvgIpc) is 2.66. The molecule has 166 valence electrons. The Hall–Kier alpha value is -2.91. The summed E-state index contributed by atoms with van der Waals surface area (Å²) in [7, 11) is 1.83. The summed E-state index contributed by atoms with van der Waals surface area (Å²) in [6.07, 6.45) is -0.893. The minimum Gasteiger partial charge on any atom is -0.346 e. The average molecular weight is 435 g/mol. The van der Waals surface area contributed by atoms with Crippen LogP contribution in [0, 0.1) is 18.8 Å². The fraction of sp³-hybridized carbons (Fsp3) is 0.524. The second kappa shape index (κ2) is 7.65. The van der Waals surface area contributed by atoms with Crippen LogP contribution in [0.5, 0.6) is 0 Å². The number of nitrogens with one attached hydrogen (secondary N) is 1. The Labute approximate surface area is 177 Å². The monoisotopic (exact) mass is 435 g/mol. The van der Waals surface area contributed by atoms with Crippen molar-refractivity contribution in [2.75, 3.05) is 17.3 Å². The first-order valence-corrected chi connectivity index (χ1v) is 10.2. The molecule has 10 heteroatoms. The van der Waals surface area contributed by atoms with Crippen molar-refractivity contribution >= 4 is 17.4 Å². The Morgan fingerprint density at radius 2 is 1.90 bits per heavy atom. The molecular weight excluding hydrogens is 411 g/mol. The number of nitrogens with zero attached hydrogens (tertiary/aromatic N) is 4. The Morgan fingerprint density at radius 1 is 1.19 bits per heavy atom. The van der Waals surface area contributed by atoms with Gasteiger partial charge in [-0.3, -0.25) is 9.59 Å². The van der Waals surface area contributed by atoms with E-state index in [-0.39, 0.29) is 17.9 Å². The summed E-state index contributed by atoms with van der Waals surface area (Å²) in [4.78, 5) is 35.1. The van der Waals surface area contributed by atoms with E-state index in [4.69, 9.17) is 0 Å². The van der Waals surface area contributed by atoms with Crippen molar-refractivity contribution in [1.29, 1.82) is 0 Å². The Kier molecular flexibility index (Phi) is 5.26. The lowest BCUT2D eigenvalue weighted by atomic mass is 9.73. The number of hydrogen-bond acceptors (Lipinski definition) is 5. The Balaban J connectivity index is 1.38. The first-order chi connectivity index (χ1) is 14.5. The standard InChI is InChI=1S/C21H24F3N5O2/c1-11-18-19(28(3)12(2)20(31)27-18)26-16(25-11)8-13-6-14(7-13)10-29-5-4-15(9-17(29)30)21(22,23)24/h4-5,9,12-14H,6-8,10H2,1-3H3,(H,27,31)/t12-,13?,14?/m0/s1. The van der Waals surface area contributed by atoms with Gasteiger partial charge in [-0.25, -0.2) is 9.97 Å². The zero-order valence-electron chi connectivity index (χ0n) is 17.5. The quantitative estimate of drug-likeness (QED) is 0.799. The van der Waals surface area contributed by atoms with E-state index in [1.165, 1.54) is 10.8 Å². The molecule has 2 aromatic rings. The van der Waals surface area contributed by atoms with E-state index in [0.29, 0.717) is 42.3 Å². The number of likely N-dealkylation sites (N-methyl/N-ethyl adjacent to an activating group) is 1. The number of alkyl halides is 3. The third-order valence-corrected chi connectivity index (χ3v) is 6.24. The van der Waals surface area contributed by atoms with Crippen molar-refractivity contribution < 1.29 is 18.0 Å². The number of aromatic nitrogens is 3. The molecule has 0 spiro atoms. The molecule has 1 aliphatic carbocycles. The topological polar surface area (TPSA) is 80.1 Å². The Morgan fingerprint density at radius 3 is 2.55 bits per heavy atom. The summed E-state index contributed by atoms with van der Waals surface area (Å²) in [5.74, 6) is 1.92. The summed E-state index contributed by atoms with van der Waals surface area (Å²) in [6, 6.07) is 1.28. The number of rotatable bonds is 4. The lowest BCUT2D eigenvalue weighted by Gasteiger charge is -2.36. The van der Waals surface area contributed by atoms with Gasteiger partial charge in [0.2, 0.25) is 5.91 Å². The SMILES string of the molecule is Cc1nc(CC2CC(Cn3ccc(C(F)(F)F)cc3=O)C2)nc2c1NC(=O)[C@H](C)N2C. The molecule has 7 nitrogen and oxygen atoms in total. The molecule has 0 saturated heterocycles. The maximum Gasteiger partial charge on any atom is 0.416 e. The van der Waals surface area contributed by atoms with Crippen molar-refractivity contribution in [1.82, 2.24) is 14.5 Å². The highest BCUT2D eigenvalue weighted by atomic mass is 19.4. The fourth-order valence-electron chi connectivity index (χ4n) is 4.26. The fourth-order valence-corrected chi connectivity index (χ4v) is 4.26. The minimum absolute atomic E-state index is 0.0882.